The van der Waals surface area contributed by atoms with Crippen LogP contribution in [0.15, 0.2) is 12.1 Å². The summed E-state index contributed by atoms with van der Waals surface area (Å²) in [6.45, 7) is 4.09. The number of nitrogens with one attached hydrogen (secondary N) is 1. The Hall–Kier alpha value is -0.930. The van der Waals surface area contributed by atoms with E-state index in [0.717, 1.165) is 18.7 Å². The fraction of sp³-hybridized carbons (Fsp3) is 0.647. The second kappa shape index (κ2) is 10.7. The van der Waals surface area contributed by atoms with Gasteiger partial charge in [0.05, 0.1) is 19.2 Å². The van der Waals surface area contributed by atoms with Crippen molar-refractivity contribution >= 4 is 11.6 Å². The molecule has 120 valence electrons. The van der Waals surface area contributed by atoms with Gasteiger partial charge in [0, 0.05) is 6.54 Å². The Morgan fingerprint density at radius 2 is 1.71 bits per heavy atom. The molecule has 3 nitrogen and oxygen atoms in total. The molecule has 0 aliphatic rings. The van der Waals surface area contributed by atoms with Gasteiger partial charge < -0.3 is 14.8 Å². The van der Waals surface area contributed by atoms with E-state index in [1.807, 2.05) is 12.1 Å². The highest BCUT2D eigenvalue weighted by Crippen LogP contribution is 2.35. The maximum Gasteiger partial charge on any atom is 0.179 e. The molecule has 0 aliphatic heterocycles. The average Bonchev–Trinajstić information content (AvgIpc) is 2.49. The van der Waals surface area contributed by atoms with Gasteiger partial charge >= 0.3 is 0 Å². The van der Waals surface area contributed by atoms with Crippen LogP contribution in [0, 0.1) is 0 Å². The summed E-state index contributed by atoms with van der Waals surface area (Å²) < 4.78 is 10.5. The molecule has 4 heteroatoms. The molecule has 0 heterocycles. The summed E-state index contributed by atoms with van der Waals surface area (Å²) in [5, 5.41) is 4.04. The number of hydrogen-bond donors (Lipinski definition) is 1. The zero-order valence-corrected chi connectivity index (χ0v) is 14.3. The van der Waals surface area contributed by atoms with Gasteiger partial charge in [-0.15, -0.1) is 0 Å². The number of halogens is 1. The van der Waals surface area contributed by atoms with E-state index in [4.69, 9.17) is 21.1 Å². The van der Waals surface area contributed by atoms with Crippen LogP contribution in [0.5, 0.6) is 11.5 Å². The first kappa shape index (κ1) is 18.1. The van der Waals surface area contributed by atoms with Gasteiger partial charge in [0.25, 0.3) is 0 Å². The highest BCUT2D eigenvalue weighted by molar-refractivity contribution is 6.32. The first-order valence-electron chi connectivity index (χ1n) is 7.84. The number of rotatable bonds is 11. The van der Waals surface area contributed by atoms with Crippen molar-refractivity contribution < 1.29 is 9.47 Å². The Morgan fingerprint density at radius 1 is 1.00 bits per heavy atom. The molecular weight excluding hydrogens is 286 g/mol. The molecule has 1 aromatic carbocycles. The largest absolute Gasteiger partial charge is 0.493 e. The quantitative estimate of drug-likeness (QED) is 0.595. The monoisotopic (exact) mass is 313 g/mol. The Kier molecular flexibility index (Phi) is 9.27. The van der Waals surface area contributed by atoms with E-state index in [0.29, 0.717) is 16.5 Å². The summed E-state index contributed by atoms with van der Waals surface area (Å²) in [4.78, 5) is 0. The molecule has 21 heavy (non-hydrogen) atoms. The second-order valence-corrected chi connectivity index (χ2v) is 5.66. The number of methoxy groups -OCH3 is 2. The van der Waals surface area contributed by atoms with E-state index < -0.39 is 0 Å². The topological polar surface area (TPSA) is 30.5 Å². The van der Waals surface area contributed by atoms with Crippen LogP contribution in [0.25, 0.3) is 0 Å². The Labute approximate surface area is 134 Å². The number of ether oxygens (including phenoxy) is 2. The normalized spacial score (nSPS) is 10.7. The van der Waals surface area contributed by atoms with E-state index in [1.165, 1.54) is 38.5 Å². The molecule has 0 spiro atoms. The summed E-state index contributed by atoms with van der Waals surface area (Å²) in [5.41, 5.74) is 1.11. The van der Waals surface area contributed by atoms with Crippen molar-refractivity contribution in [2.75, 3.05) is 20.8 Å². The van der Waals surface area contributed by atoms with Gasteiger partial charge in [-0.05, 0) is 30.7 Å². The molecule has 0 saturated carbocycles. The number of hydrogen-bond acceptors (Lipinski definition) is 3. The van der Waals surface area contributed by atoms with Gasteiger partial charge in [0.1, 0.15) is 0 Å². The van der Waals surface area contributed by atoms with Crippen LogP contribution in [0.2, 0.25) is 5.02 Å². The molecule has 0 unspecified atom stereocenters. The first-order valence-corrected chi connectivity index (χ1v) is 8.21. The smallest absolute Gasteiger partial charge is 0.179 e. The van der Waals surface area contributed by atoms with Crippen LogP contribution in [0.3, 0.4) is 0 Å². The number of benzene rings is 1. The zero-order chi connectivity index (χ0) is 15.5. The van der Waals surface area contributed by atoms with Crippen LogP contribution in [-0.4, -0.2) is 20.8 Å². The molecule has 1 N–H and O–H groups in total. The van der Waals surface area contributed by atoms with Crippen LogP contribution in [0.1, 0.15) is 51.0 Å². The summed E-state index contributed by atoms with van der Waals surface area (Å²) in [5.74, 6) is 1.28. The molecule has 0 aromatic heterocycles. The van der Waals surface area contributed by atoms with Gasteiger partial charge in [0.15, 0.2) is 11.5 Å². The Balaban J connectivity index is 2.31. The van der Waals surface area contributed by atoms with E-state index in [2.05, 4.69) is 12.2 Å². The van der Waals surface area contributed by atoms with Gasteiger partial charge in [0.2, 0.25) is 0 Å². The van der Waals surface area contributed by atoms with Crippen LogP contribution >= 0.6 is 11.6 Å². The lowest BCUT2D eigenvalue weighted by atomic mass is 10.1. The maximum atomic E-state index is 6.19. The number of unbranched alkanes of at least 4 members (excludes halogenated alkanes) is 5. The minimum Gasteiger partial charge on any atom is -0.493 e. The van der Waals surface area contributed by atoms with Crippen molar-refractivity contribution in [1.82, 2.24) is 5.32 Å². The van der Waals surface area contributed by atoms with Crippen LogP contribution < -0.4 is 14.8 Å². The standard InChI is InChI=1S/C17H28ClNO2/c1-4-5-6-7-8-9-10-19-13-14-11-15(18)17(21-3)16(12-14)20-2/h11-12,19H,4-10,13H2,1-3H3. The maximum absolute atomic E-state index is 6.19. The minimum atomic E-state index is 0.591. The molecule has 0 fully saturated rings. The summed E-state index contributed by atoms with van der Waals surface area (Å²) in [6.07, 6.45) is 7.90. The highest BCUT2D eigenvalue weighted by atomic mass is 35.5. The van der Waals surface area contributed by atoms with Crippen LogP contribution in [0.4, 0.5) is 0 Å². The van der Waals surface area contributed by atoms with E-state index >= 15 is 0 Å². The molecule has 0 atom stereocenters. The van der Waals surface area contributed by atoms with Crippen molar-refractivity contribution in [3.8, 4) is 11.5 Å². The molecule has 1 aromatic rings. The lowest BCUT2D eigenvalue weighted by Crippen LogP contribution is -2.14. The zero-order valence-electron chi connectivity index (χ0n) is 13.5. The van der Waals surface area contributed by atoms with Gasteiger partial charge in [-0.25, -0.2) is 0 Å². The highest BCUT2D eigenvalue weighted by Gasteiger charge is 2.10. The molecule has 0 bridgehead atoms. The van der Waals surface area contributed by atoms with Crippen molar-refractivity contribution in [3.05, 3.63) is 22.7 Å². The Morgan fingerprint density at radius 3 is 2.38 bits per heavy atom. The molecular formula is C17H28ClNO2. The molecule has 1 rings (SSSR count). The average molecular weight is 314 g/mol. The molecule has 0 aliphatic carbocycles. The van der Waals surface area contributed by atoms with Crippen LogP contribution in [-0.2, 0) is 6.54 Å². The fourth-order valence-electron chi connectivity index (χ4n) is 2.34. The van der Waals surface area contributed by atoms with Crippen molar-refractivity contribution in [1.29, 1.82) is 0 Å². The van der Waals surface area contributed by atoms with Crippen molar-refractivity contribution in [3.63, 3.8) is 0 Å². The second-order valence-electron chi connectivity index (χ2n) is 5.26. The van der Waals surface area contributed by atoms with Crippen molar-refractivity contribution in [2.24, 2.45) is 0 Å². The summed E-state index contributed by atoms with van der Waals surface area (Å²) in [6, 6.07) is 3.90. The molecule has 0 amide bonds. The summed E-state index contributed by atoms with van der Waals surface area (Å²) in [7, 11) is 3.22. The van der Waals surface area contributed by atoms with E-state index in [1.54, 1.807) is 14.2 Å². The van der Waals surface area contributed by atoms with Crippen molar-refractivity contribution in [2.45, 2.75) is 52.0 Å². The van der Waals surface area contributed by atoms with Gasteiger partial charge in [-0.1, -0.05) is 50.6 Å². The van der Waals surface area contributed by atoms with Gasteiger partial charge in [-0.3, -0.25) is 0 Å². The minimum absolute atomic E-state index is 0.591. The SMILES string of the molecule is CCCCCCCCNCc1cc(Cl)c(OC)c(OC)c1. The van der Waals surface area contributed by atoms with E-state index in [9.17, 15) is 0 Å². The third kappa shape index (κ3) is 6.58. The Bertz CT molecular complexity index is 410. The predicted octanol–water partition coefficient (Wildman–Crippen LogP) is 4.81. The predicted molar refractivity (Wildman–Crippen MR) is 89.6 cm³/mol. The lowest BCUT2D eigenvalue weighted by Gasteiger charge is -2.12. The third-order valence-electron chi connectivity index (χ3n) is 3.53. The molecule has 0 saturated heterocycles. The lowest BCUT2D eigenvalue weighted by molar-refractivity contribution is 0.354. The van der Waals surface area contributed by atoms with E-state index in [-0.39, 0.29) is 0 Å². The first-order chi connectivity index (χ1) is 10.2. The van der Waals surface area contributed by atoms with Gasteiger partial charge in [-0.2, -0.15) is 0 Å². The molecule has 0 radical (unpaired) electrons. The third-order valence-corrected chi connectivity index (χ3v) is 3.81. The fourth-order valence-corrected chi connectivity index (χ4v) is 2.65. The summed E-state index contributed by atoms with van der Waals surface area (Å²) >= 11 is 6.19.